The molecule has 1 unspecified atom stereocenters. The predicted octanol–water partition coefficient (Wildman–Crippen LogP) is 5.53. The van der Waals surface area contributed by atoms with Crippen LogP contribution in [0.5, 0.6) is 0 Å². The van der Waals surface area contributed by atoms with Gasteiger partial charge in [-0.1, -0.05) is 42.6 Å². The summed E-state index contributed by atoms with van der Waals surface area (Å²) in [6, 6.07) is 6.25. The maximum atomic E-state index is 6.29. The summed E-state index contributed by atoms with van der Waals surface area (Å²) in [5.74, 6) is 1.65. The highest BCUT2D eigenvalue weighted by Gasteiger charge is 2.17. The van der Waals surface area contributed by atoms with Crippen molar-refractivity contribution in [3.05, 3.63) is 28.5 Å². The van der Waals surface area contributed by atoms with Gasteiger partial charge < -0.3 is 4.57 Å². The molecule has 0 aliphatic heterocycles. The molecule has 0 saturated carbocycles. The molecule has 0 bridgehead atoms. The smallest absolute Gasteiger partial charge is 0.127 e. The van der Waals surface area contributed by atoms with E-state index in [0.29, 0.717) is 5.92 Å². The summed E-state index contributed by atoms with van der Waals surface area (Å²) < 4.78 is 3.35. The largest absolute Gasteiger partial charge is 0.326 e. The Morgan fingerprint density at radius 1 is 1.32 bits per heavy atom. The van der Waals surface area contributed by atoms with Crippen LogP contribution in [0.25, 0.3) is 11.0 Å². The molecule has 2 nitrogen and oxygen atoms in total. The minimum absolute atomic E-state index is 0.0689. The van der Waals surface area contributed by atoms with Gasteiger partial charge in [-0.25, -0.2) is 4.98 Å². The van der Waals surface area contributed by atoms with Crippen molar-refractivity contribution in [2.45, 2.75) is 45.5 Å². The molecule has 0 aliphatic carbocycles. The van der Waals surface area contributed by atoms with Gasteiger partial charge in [-0.15, -0.1) is 11.6 Å². The number of imidazole rings is 1. The summed E-state index contributed by atoms with van der Waals surface area (Å²) in [6.45, 7) is 7.47. The molecule has 19 heavy (non-hydrogen) atoms. The van der Waals surface area contributed by atoms with Crippen LogP contribution in [0, 0.1) is 5.92 Å². The first-order chi connectivity index (χ1) is 9.06. The Bertz CT molecular complexity index is 559. The fraction of sp³-hybridized carbons (Fsp3) is 0.533. The monoisotopic (exact) mass is 342 g/mol. The quantitative estimate of drug-likeness (QED) is 0.652. The molecule has 0 amide bonds. The van der Waals surface area contributed by atoms with Crippen molar-refractivity contribution in [3.63, 3.8) is 0 Å². The normalized spacial score (nSPS) is 13.4. The van der Waals surface area contributed by atoms with Crippen LogP contribution in [-0.4, -0.2) is 9.55 Å². The summed E-state index contributed by atoms with van der Waals surface area (Å²) in [4.78, 5) is 4.70. The van der Waals surface area contributed by atoms with Gasteiger partial charge in [0.2, 0.25) is 0 Å². The maximum Gasteiger partial charge on any atom is 0.127 e. The molecule has 1 aromatic heterocycles. The van der Waals surface area contributed by atoms with E-state index in [4.69, 9.17) is 16.6 Å². The topological polar surface area (TPSA) is 17.8 Å². The van der Waals surface area contributed by atoms with E-state index in [9.17, 15) is 0 Å². The van der Waals surface area contributed by atoms with E-state index in [0.717, 1.165) is 22.4 Å². The van der Waals surface area contributed by atoms with Crippen LogP contribution in [0.4, 0.5) is 0 Å². The van der Waals surface area contributed by atoms with Crippen LogP contribution < -0.4 is 0 Å². The fourth-order valence-corrected chi connectivity index (χ4v) is 2.94. The lowest BCUT2D eigenvalue weighted by Gasteiger charge is -2.17. The van der Waals surface area contributed by atoms with Gasteiger partial charge in [-0.2, -0.15) is 0 Å². The molecule has 0 saturated heterocycles. The van der Waals surface area contributed by atoms with Crippen LogP contribution in [0.3, 0.4) is 0 Å². The predicted molar refractivity (Wildman–Crippen MR) is 85.8 cm³/mol. The summed E-state index contributed by atoms with van der Waals surface area (Å²) in [5.41, 5.74) is 2.19. The maximum absolute atomic E-state index is 6.29. The molecule has 1 heterocycles. The molecule has 0 fully saturated rings. The summed E-state index contributed by atoms with van der Waals surface area (Å²) >= 11 is 9.79. The number of rotatable bonds is 5. The van der Waals surface area contributed by atoms with Crippen molar-refractivity contribution in [1.29, 1.82) is 0 Å². The molecule has 2 aromatic rings. The third kappa shape index (κ3) is 3.14. The molecule has 1 atom stereocenters. The molecule has 0 spiro atoms. The zero-order valence-electron chi connectivity index (χ0n) is 11.7. The fourth-order valence-electron chi connectivity index (χ4n) is 2.42. The Balaban J connectivity index is 2.52. The van der Waals surface area contributed by atoms with E-state index in [-0.39, 0.29) is 5.38 Å². The number of nitrogens with zero attached hydrogens (tertiary/aromatic N) is 2. The van der Waals surface area contributed by atoms with Crippen LogP contribution >= 0.6 is 27.5 Å². The number of fused-ring (bicyclic) bond motifs is 1. The Hall–Kier alpha value is -0.540. The molecule has 0 N–H and O–H groups in total. The average molecular weight is 344 g/mol. The highest BCUT2D eigenvalue weighted by Crippen LogP contribution is 2.28. The lowest BCUT2D eigenvalue weighted by atomic mass is 10.0. The lowest BCUT2D eigenvalue weighted by molar-refractivity contribution is 0.417. The van der Waals surface area contributed by atoms with Crippen LogP contribution in [-0.2, 0) is 6.54 Å². The van der Waals surface area contributed by atoms with Crippen LogP contribution in [0.2, 0.25) is 0 Å². The first kappa shape index (κ1) is 14.9. The number of halogens is 2. The summed E-state index contributed by atoms with van der Waals surface area (Å²) in [6.07, 6.45) is 2.37. The van der Waals surface area contributed by atoms with Crippen molar-refractivity contribution in [2.24, 2.45) is 5.92 Å². The van der Waals surface area contributed by atoms with Gasteiger partial charge in [-0.3, -0.25) is 0 Å². The Kier molecular flexibility index (Phi) is 4.91. The van der Waals surface area contributed by atoms with Crippen molar-refractivity contribution in [2.75, 3.05) is 0 Å². The van der Waals surface area contributed by atoms with Gasteiger partial charge >= 0.3 is 0 Å². The SMILES string of the molecule is CCC(CC)Cn1c(C(C)Cl)nc2cc(Br)ccc21. The van der Waals surface area contributed by atoms with E-state index in [1.807, 2.05) is 6.92 Å². The number of hydrogen-bond donors (Lipinski definition) is 0. The Labute approximate surface area is 128 Å². The van der Waals surface area contributed by atoms with Gasteiger partial charge in [0.15, 0.2) is 0 Å². The lowest BCUT2D eigenvalue weighted by Crippen LogP contribution is -2.12. The van der Waals surface area contributed by atoms with Crippen molar-refractivity contribution < 1.29 is 0 Å². The van der Waals surface area contributed by atoms with Crippen LogP contribution in [0.1, 0.15) is 44.8 Å². The van der Waals surface area contributed by atoms with Gasteiger partial charge in [0.25, 0.3) is 0 Å². The Morgan fingerprint density at radius 2 is 2.00 bits per heavy atom. The third-order valence-corrected chi connectivity index (χ3v) is 4.38. The summed E-state index contributed by atoms with van der Waals surface area (Å²) in [7, 11) is 0. The van der Waals surface area contributed by atoms with Gasteiger partial charge in [-0.05, 0) is 31.0 Å². The molecule has 2 rings (SSSR count). The standard InChI is InChI=1S/C15H20BrClN2/c1-4-11(5-2)9-19-14-7-6-12(16)8-13(14)18-15(19)10(3)17/h6-8,10-11H,4-5,9H2,1-3H3. The number of benzene rings is 1. The van der Waals surface area contributed by atoms with E-state index in [1.165, 1.54) is 18.4 Å². The molecule has 1 aromatic carbocycles. The highest BCUT2D eigenvalue weighted by atomic mass is 79.9. The van der Waals surface area contributed by atoms with Crippen molar-refractivity contribution in [3.8, 4) is 0 Å². The van der Waals surface area contributed by atoms with E-state index in [2.05, 4.69) is 52.5 Å². The molecular formula is C15H20BrClN2. The first-order valence-corrected chi connectivity index (χ1v) is 8.09. The van der Waals surface area contributed by atoms with Crippen molar-refractivity contribution in [1.82, 2.24) is 9.55 Å². The van der Waals surface area contributed by atoms with Gasteiger partial charge in [0.05, 0.1) is 16.4 Å². The van der Waals surface area contributed by atoms with E-state index in [1.54, 1.807) is 0 Å². The minimum Gasteiger partial charge on any atom is -0.326 e. The van der Waals surface area contributed by atoms with Crippen LogP contribution in [0.15, 0.2) is 22.7 Å². The molecule has 0 radical (unpaired) electrons. The van der Waals surface area contributed by atoms with E-state index < -0.39 is 0 Å². The zero-order valence-corrected chi connectivity index (χ0v) is 14.0. The van der Waals surface area contributed by atoms with Crippen molar-refractivity contribution >= 4 is 38.6 Å². The minimum atomic E-state index is -0.0689. The highest BCUT2D eigenvalue weighted by molar-refractivity contribution is 9.10. The van der Waals surface area contributed by atoms with E-state index >= 15 is 0 Å². The molecule has 0 aliphatic rings. The van der Waals surface area contributed by atoms with Gasteiger partial charge in [0.1, 0.15) is 5.82 Å². The molecule has 104 valence electrons. The number of hydrogen-bond acceptors (Lipinski definition) is 1. The summed E-state index contributed by atoms with van der Waals surface area (Å²) in [5, 5.41) is -0.0689. The number of alkyl halides is 1. The zero-order chi connectivity index (χ0) is 14.0. The molecular weight excluding hydrogens is 324 g/mol. The second kappa shape index (κ2) is 6.27. The number of aromatic nitrogens is 2. The second-order valence-electron chi connectivity index (χ2n) is 5.01. The Morgan fingerprint density at radius 3 is 2.58 bits per heavy atom. The third-order valence-electron chi connectivity index (χ3n) is 3.69. The molecule has 4 heteroatoms. The first-order valence-electron chi connectivity index (χ1n) is 6.86. The average Bonchev–Trinajstić information content (AvgIpc) is 2.73. The second-order valence-corrected chi connectivity index (χ2v) is 6.58. The van der Waals surface area contributed by atoms with Gasteiger partial charge in [0, 0.05) is 11.0 Å².